The number of hydrogen-bond donors (Lipinski definition) is 1. The molecule has 0 unspecified atom stereocenters. The third-order valence-corrected chi connectivity index (χ3v) is 4.72. The second kappa shape index (κ2) is 5.24. The van der Waals surface area contributed by atoms with Gasteiger partial charge in [-0.3, -0.25) is 4.79 Å². The predicted octanol–water partition coefficient (Wildman–Crippen LogP) is 3.49. The molecule has 3 nitrogen and oxygen atoms in total. The Morgan fingerprint density at radius 2 is 2.05 bits per heavy atom. The summed E-state index contributed by atoms with van der Waals surface area (Å²) in [7, 11) is 0. The summed E-state index contributed by atoms with van der Waals surface area (Å²) < 4.78 is 0. The van der Waals surface area contributed by atoms with Gasteiger partial charge in [0.1, 0.15) is 0 Å². The predicted molar refractivity (Wildman–Crippen MR) is 80.7 cm³/mol. The monoisotopic (exact) mass is 260 g/mol. The Morgan fingerprint density at radius 1 is 1.37 bits per heavy atom. The number of nitrogens with two attached hydrogens (primary N) is 1. The van der Waals surface area contributed by atoms with Crippen LogP contribution in [0.15, 0.2) is 18.2 Å². The zero-order valence-corrected chi connectivity index (χ0v) is 12.2. The van der Waals surface area contributed by atoms with E-state index in [4.69, 9.17) is 5.73 Å². The molecule has 104 valence electrons. The molecule has 3 heteroatoms. The lowest BCUT2D eigenvalue weighted by molar-refractivity contribution is 0.101. The minimum absolute atomic E-state index is 0.0378. The molecule has 1 heterocycles. The van der Waals surface area contributed by atoms with Crippen LogP contribution in [0, 0.1) is 5.41 Å². The van der Waals surface area contributed by atoms with E-state index in [9.17, 15) is 4.79 Å². The van der Waals surface area contributed by atoms with Crippen molar-refractivity contribution in [3.63, 3.8) is 0 Å². The maximum atomic E-state index is 11.6. The second-order valence-electron chi connectivity index (χ2n) is 5.71. The molecule has 1 saturated heterocycles. The molecule has 0 bridgehead atoms. The molecule has 1 fully saturated rings. The quantitative estimate of drug-likeness (QED) is 0.666. The van der Waals surface area contributed by atoms with Crippen LogP contribution in [0.5, 0.6) is 0 Å². The van der Waals surface area contributed by atoms with Crippen LogP contribution in [-0.4, -0.2) is 18.9 Å². The van der Waals surface area contributed by atoms with Gasteiger partial charge in [0.05, 0.1) is 0 Å². The van der Waals surface area contributed by atoms with Gasteiger partial charge in [0.15, 0.2) is 5.78 Å². The van der Waals surface area contributed by atoms with Crippen LogP contribution >= 0.6 is 0 Å². The lowest BCUT2D eigenvalue weighted by atomic mass is 9.82. The van der Waals surface area contributed by atoms with Crippen LogP contribution in [0.1, 0.15) is 50.4 Å². The summed E-state index contributed by atoms with van der Waals surface area (Å²) in [5.41, 5.74) is 8.64. The SMILES string of the molecule is CCC1(CC)CCN(c2ccc(N)c(C(C)=O)c2)C1. The summed E-state index contributed by atoms with van der Waals surface area (Å²) in [5.74, 6) is 0.0378. The van der Waals surface area contributed by atoms with E-state index >= 15 is 0 Å². The zero-order valence-electron chi connectivity index (χ0n) is 12.2. The van der Waals surface area contributed by atoms with Gasteiger partial charge in [0.2, 0.25) is 0 Å². The molecule has 2 rings (SSSR count). The van der Waals surface area contributed by atoms with Crippen molar-refractivity contribution in [3.8, 4) is 0 Å². The molecule has 0 aromatic heterocycles. The van der Waals surface area contributed by atoms with E-state index in [0.29, 0.717) is 16.7 Å². The van der Waals surface area contributed by atoms with Gasteiger partial charge in [-0.2, -0.15) is 0 Å². The average molecular weight is 260 g/mol. The van der Waals surface area contributed by atoms with Crippen molar-refractivity contribution in [1.29, 1.82) is 0 Å². The smallest absolute Gasteiger partial charge is 0.161 e. The fourth-order valence-electron chi connectivity index (χ4n) is 3.03. The van der Waals surface area contributed by atoms with Gasteiger partial charge in [0.25, 0.3) is 0 Å². The van der Waals surface area contributed by atoms with Crippen LogP contribution in [0.25, 0.3) is 0 Å². The number of carbonyl (C=O) groups is 1. The van der Waals surface area contributed by atoms with Gasteiger partial charge < -0.3 is 10.6 Å². The number of hydrogen-bond acceptors (Lipinski definition) is 3. The first-order chi connectivity index (χ1) is 9.01. The van der Waals surface area contributed by atoms with Gasteiger partial charge in [0, 0.05) is 30.0 Å². The molecule has 1 aromatic carbocycles. The average Bonchev–Trinajstić information content (AvgIpc) is 2.84. The van der Waals surface area contributed by atoms with Gasteiger partial charge >= 0.3 is 0 Å². The van der Waals surface area contributed by atoms with E-state index in [1.807, 2.05) is 18.2 Å². The molecule has 19 heavy (non-hydrogen) atoms. The summed E-state index contributed by atoms with van der Waals surface area (Å²) in [6, 6.07) is 5.83. The maximum absolute atomic E-state index is 11.6. The molecule has 1 aliphatic rings. The highest BCUT2D eigenvalue weighted by Gasteiger charge is 2.35. The number of anilines is 2. The normalized spacial score (nSPS) is 17.7. The molecule has 0 aliphatic carbocycles. The Hall–Kier alpha value is -1.51. The molecule has 0 amide bonds. The van der Waals surface area contributed by atoms with Crippen molar-refractivity contribution in [2.45, 2.75) is 40.0 Å². The van der Waals surface area contributed by atoms with Crippen molar-refractivity contribution in [2.75, 3.05) is 23.7 Å². The van der Waals surface area contributed by atoms with E-state index in [0.717, 1.165) is 18.8 Å². The summed E-state index contributed by atoms with van der Waals surface area (Å²) in [4.78, 5) is 14.0. The van der Waals surface area contributed by atoms with Crippen LogP contribution in [-0.2, 0) is 0 Å². The van der Waals surface area contributed by atoms with Crippen LogP contribution in [0.2, 0.25) is 0 Å². The molecule has 0 atom stereocenters. The summed E-state index contributed by atoms with van der Waals surface area (Å²) >= 11 is 0. The lowest BCUT2D eigenvalue weighted by Crippen LogP contribution is -2.26. The lowest BCUT2D eigenvalue weighted by Gasteiger charge is -2.27. The van der Waals surface area contributed by atoms with E-state index in [1.54, 1.807) is 6.92 Å². The van der Waals surface area contributed by atoms with E-state index in [2.05, 4.69) is 18.7 Å². The first kappa shape index (κ1) is 13.9. The van der Waals surface area contributed by atoms with Crippen molar-refractivity contribution < 1.29 is 4.79 Å². The second-order valence-corrected chi connectivity index (χ2v) is 5.71. The standard InChI is InChI=1S/C16H24N2O/c1-4-16(5-2)8-9-18(11-16)13-6-7-15(17)14(10-13)12(3)19/h6-7,10H,4-5,8-9,11,17H2,1-3H3. The molecular formula is C16H24N2O. The molecule has 2 N–H and O–H groups in total. The third-order valence-electron chi connectivity index (χ3n) is 4.72. The van der Waals surface area contributed by atoms with E-state index in [1.165, 1.54) is 19.3 Å². The zero-order chi connectivity index (χ0) is 14.0. The van der Waals surface area contributed by atoms with Crippen LogP contribution in [0.4, 0.5) is 11.4 Å². The summed E-state index contributed by atoms with van der Waals surface area (Å²) in [6.07, 6.45) is 3.67. The van der Waals surface area contributed by atoms with Crippen LogP contribution in [0.3, 0.4) is 0 Å². The highest BCUT2D eigenvalue weighted by molar-refractivity contribution is 6.00. The minimum atomic E-state index is 0.0378. The van der Waals surface area contributed by atoms with Crippen molar-refractivity contribution in [2.24, 2.45) is 5.41 Å². The number of carbonyl (C=O) groups excluding carboxylic acids is 1. The topological polar surface area (TPSA) is 46.3 Å². The van der Waals surface area contributed by atoms with Crippen LogP contribution < -0.4 is 10.6 Å². The Balaban J connectivity index is 2.25. The molecule has 1 aromatic rings. The number of nitrogens with zero attached hydrogens (tertiary/aromatic N) is 1. The number of benzene rings is 1. The summed E-state index contributed by atoms with van der Waals surface area (Å²) in [6.45, 7) is 8.28. The van der Waals surface area contributed by atoms with Gasteiger partial charge in [-0.15, -0.1) is 0 Å². The Morgan fingerprint density at radius 3 is 2.58 bits per heavy atom. The van der Waals surface area contributed by atoms with Gasteiger partial charge in [-0.25, -0.2) is 0 Å². The highest BCUT2D eigenvalue weighted by Crippen LogP contribution is 2.39. The first-order valence-electron chi connectivity index (χ1n) is 7.17. The largest absolute Gasteiger partial charge is 0.398 e. The molecular weight excluding hydrogens is 236 g/mol. The van der Waals surface area contributed by atoms with Crippen molar-refractivity contribution in [1.82, 2.24) is 0 Å². The van der Waals surface area contributed by atoms with Crippen molar-refractivity contribution >= 4 is 17.2 Å². The number of nitrogen functional groups attached to an aromatic ring is 1. The number of rotatable bonds is 4. The summed E-state index contributed by atoms with van der Waals surface area (Å²) in [5, 5.41) is 0. The number of Topliss-reactive ketones (excluding diaryl/α,β-unsaturated/α-hetero) is 1. The minimum Gasteiger partial charge on any atom is -0.398 e. The van der Waals surface area contributed by atoms with E-state index in [-0.39, 0.29) is 5.78 Å². The molecule has 0 saturated carbocycles. The molecule has 1 aliphatic heterocycles. The van der Waals surface area contributed by atoms with Gasteiger partial charge in [-0.1, -0.05) is 13.8 Å². The highest BCUT2D eigenvalue weighted by atomic mass is 16.1. The van der Waals surface area contributed by atoms with E-state index < -0.39 is 0 Å². The van der Waals surface area contributed by atoms with Gasteiger partial charge in [-0.05, 0) is 49.8 Å². The first-order valence-corrected chi connectivity index (χ1v) is 7.17. The number of ketones is 1. The fourth-order valence-corrected chi connectivity index (χ4v) is 3.03. The Labute approximate surface area is 115 Å². The third kappa shape index (κ3) is 2.60. The Kier molecular flexibility index (Phi) is 3.83. The molecule has 0 radical (unpaired) electrons. The molecule has 0 spiro atoms. The van der Waals surface area contributed by atoms with Crippen molar-refractivity contribution in [3.05, 3.63) is 23.8 Å². The Bertz CT molecular complexity index is 478. The maximum Gasteiger partial charge on any atom is 0.161 e. The fraction of sp³-hybridized carbons (Fsp3) is 0.562.